The summed E-state index contributed by atoms with van der Waals surface area (Å²) >= 11 is 0. The lowest BCUT2D eigenvalue weighted by atomic mass is 9.75. The minimum absolute atomic E-state index is 0.238. The molecule has 1 fully saturated rings. The molecule has 0 radical (unpaired) electrons. The normalized spacial score (nSPS) is 29.3. The van der Waals surface area contributed by atoms with Gasteiger partial charge in [-0.25, -0.2) is 0 Å². The number of hydrogen-bond acceptors (Lipinski definition) is 3. The Morgan fingerprint density at radius 2 is 2.29 bits per heavy atom. The van der Waals surface area contributed by atoms with Crippen LogP contribution in [0.15, 0.2) is 6.20 Å². The van der Waals surface area contributed by atoms with Gasteiger partial charge < -0.3 is 10.5 Å². The van der Waals surface area contributed by atoms with Crippen molar-refractivity contribution in [2.75, 3.05) is 7.11 Å². The van der Waals surface area contributed by atoms with Crippen molar-refractivity contribution < 1.29 is 4.74 Å². The van der Waals surface area contributed by atoms with E-state index in [-0.39, 0.29) is 6.04 Å². The third kappa shape index (κ3) is 2.32. The molecule has 3 unspecified atom stereocenters. The largest absolute Gasteiger partial charge is 0.493 e. The standard InChI is InChI=1S/C13H23N3O/c1-4-9-5-6-11(14)10(7-9)13-12(17-3)8-15-16(13)2/h8-11H,4-7,14H2,1-3H3. The highest BCUT2D eigenvalue weighted by Crippen LogP contribution is 2.39. The third-order valence-corrected chi connectivity index (χ3v) is 4.11. The van der Waals surface area contributed by atoms with Gasteiger partial charge in [0.25, 0.3) is 0 Å². The second-order valence-corrected chi connectivity index (χ2v) is 5.08. The Hall–Kier alpha value is -1.03. The number of hydrogen-bond donors (Lipinski definition) is 1. The Bertz CT molecular complexity index is 375. The lowest BCUT2D eigenvalue weighted by molar-refractivity contribution is 0.269. The van der Waals surface area contributed by atoms with Crippen LogP contribution in [0.5, 0.6) is 5.75 Å². The maximum Gasteiger partial charge on any atom is 0.160 e. The molecule has 1 aromatic rings. The van der Waals surface area contributed by atoms with Crippen LogP contribution >= 0.6 is 0 Å². The summed E-state index contributed by atoms with van der Waals surface area (Å²) in [5.41, 5.74) is 7.45. The predicted octanol–water partition coefficient (Wildman–Crippen LogP) is 2.05. The van der Waals surface area contributed by atoms with Crippen LogP contribution in [0.25, 0.3) is 0 Å². The third-order valence-electron chi connectivity index (χ3n) is 4.11. The van der Waals surface area contributed by atoms with Crippen molar-refractivity contribution in [1.29, 1.82) is 0 Å². The van der Waals surface area contributed by atoms with Crippen molar-refractivity contribution in [3.05, 3.63) is 11.9 Å². The average molecular weight is 237 g/mol. The van der Waals surface area contributed by atoms with Crippen molar-refractivity contribution in [3.8, 4) is 5.75 Å². The second kappa shape index (κ2) is 5.08. The Kier molecular flexibility index (Phi) is 3.72. The molecule has 2 N–H and O–H groups in total. The summed E-state index contributed by atoms with van der Waals surface area (Å²) in [4.78, 5) is 0. The molecule has 0 saturated heterocycles. The smallest absolute Gasteiger partial charge is 0.160 e. The topological polar surface area (TPSA) is 53.1 Å². The van der Waals surface area contributed by atoms with Crippen LogP contribution < -0.4 is 10.5 Å². The molecule has 4 heteroatoms. The monoisotopic (exact) mass is 237 g/mol. The van der Waals surface area contributed by atoms with Crippen LogP contribution in [-0.4, -0.2) is 22.9 Å². The van der Waals surface area contributed by atoms with Crippen LogP contribution in [0.3, 0.4) is 0 Å². The molecule has 1 aliphatic rings. The van der Waals surface area contributed by atoms with Gasteiger partial charge in [0.15, 0.2) is 5.75 Å². The summed E-state index contributed by atoms with van der Waals surface area (Å²) in [5, 5.41) is 4.28. The average Bonchev–Trinajstić information content (AvgIpc) is 2.71. The first-order valence-corrected chi connectivity index (χ1v) is 6.48. The molecule has 4 nitrogen and oxygen atoms in total. The summed E-state index contributed by atoms with van der Waals surface area (Å²) in [7, 11) is 3.67. The van der Waals surface area contributed by atoms with E-state index >= 15 is 0 Å². The summed E-state index contributed by atoms with van der Waals surface area (Å²) in [6.45, 7) is 2.26. The molecule has 1 aromatic heterocycles. The van der Waals surface area contributed by atoms with Gasteiger partial charge >= 0.3 is 0 Å². The highest BCUT2D eigenvalue weighted by Gasteiger charge is 2.32. The Labute approximate surface area is 103 Å². The second-order valence-electron chi connectivity index (χ2n) is 5.08. The minimum Gasteiger partial charge on any atom is -0.493 e. The van der Waals surface area contributed by atoms with E-state index < -0.39 is 0 Å². The van der Waals surface area contributed by atoms with Crippen molar-refractivity contribution in [2.45, 2.75) is 44.6 Å². The number of ether oxygens (including phenoxy) is 1. The van der Waals surface area contributed by atoms with Gasteiger partial charge in [0, 0.05) is 19.0 Å². The Morgan fingerprint density at radius 3 is 2.94 bits per heavy atom. The van der Waals surface area contributed by atoms with E-state index in [2.05, 4.69) is 12.0 Å². The fourth-order valence-corrected chi connectivity index (χ4v) is 2.97. The van der Waals surface area contributed by atoms with Gasteiger partial charge in [-0.15, -0.1) is 0 Å². The minimum atomic E-state index is 0.238. The molecule has 96 valence electrons. The lowest BCUT2D eigenvalue weighted by Crippen LogP contribution is -2.35. The zero-order chi connectivity index (χ0) is 12.4. The zero-order valence-electron chi connectivity index (χ0n) is 11.0. The number of rotatable bonds is 3. The van der Waals surface area contributed by atoms with Crippen LogP contribution in [0.2, 0.25) is 0 Å². The number of nitrogens with two attached hydrogens (primary N) is 1. The number of aryl methyl sites for hydroxylation is 1. The molecule has 1 saturated carbocycles. The lowest BCUT2D eigenvalue weighted by Gasteiger charge is -2.34. The van der Waals surface area contributed by atoms with Gasteiger partial charge in [-0.3, -0.25) is 4.68 Å². The molecule has 1 aliphatic carbocycles. The molecule has 17 heavy (non-hydrogen) atoms. The first-order chi connectivity index (χ1) is 8.17. The van der Waals surface area contributed by atoms with Gasteiger partial charge in [0.1, 0.15) is 0 Å². The first kappa shape index (κ1) is 12.4. The maximum atomic E-state index is 6.28. The number of aromatic nitrogens is 2. The summed E-state index contributed by atoms with van der Waals surface area (Å²) in [6, 6.07) is 0.238. The highest BCUT2D eigenvalue weighted by molar-refractivity contribution is 5.30. The van der Waals surface area contributed by atoms with E-state index in [9.17, 15) is 0 Å². The van der Waals surface area contributed by atoms with E-state index in [1.165, 1.54) is 12.8 Å². The molecule has 0 aliphatic heterocycles. The SMILES string of the molecule is CCC1CCC(N)C(c2c(OC)cnn2C)C1. The zero-order valence-corrected chi connectivity index (χ0v) is 11.0. The van der Waals surface area contributed by atoms with E-state index in [1.54, 1.807) is 13.3 Å². The van der Waals surface area contributed by atoms with Gasteiger partial charge in [0.2, 0.25) is 0 Å². The maximum absolute atomic E-state index is 6.28. The molecule has 0 spiro atoms. The fraction of sp³-hybridized carbons (Fsp3) is 0.769. The summed E-state index contributed by atoms with van der Waals surface area (Å²) < 4.78 is 7.32. The van der Waals surface area contributed by atoms with Gasteiger partial charge in [0.05, 0.1) is 19.0 Å². The molecule has 3 atom stereocenters. The molecule has 1 heterocycles. The van der Waals surface area contributed by atoms with Gasteiger partial charge in [-0.05, 0) is 25.2 Å². The van der Waals surface area contributed by atoms with E-state index in [4.69, 9.17) is 10.5 Å². The number of methoxy groups -OCH3 is 1. The summed E-state index contributed by atoms with van der Waals surface area (Å²) in [6.07, 6.45) is 6.56. The van der Waals surface area contributed by atoms with Crippen molar-refractivity contribution in [2.24, 2.45) is 18.7 Å². The molecule has 0 amide bonds. The number of nitrogens with zero attached hydrogens (tertiary/aromatic N) is 2. The predicted molar refractivity (Wildman–Crippen MR) is 68.1 cm³/mol. The van der Waals surface area contributed by atoms with Gasteiger partial charge in [-0.2, -0.15) is 5.10 Å². The van der Waals surface area contributed by atoms with Crippen LogP contribution in [0, 0.1) is 5.92 Å². The molecular weight excluding hydrogens is 214 g/mol. The first-order valence-electron chi connectivity index (χ1n) is 6.48. The van der Waals surface area contributed by atoms with E-state index in [0.29, 0.717) is 5.92 Å². The van der Waals surface area contributed by atoms with Crippen LogP contribution in [0.1, 0.15) is 44.2 Å². The van der Waals surface area contributed by atoms with Gasteiger partial charge in [-0.1, -0.05) is 13.3 Å². The Morgan fingerprint density at radius 1 is 1.53 bits per heavy atom. The van der Waals surface area contributed by atoms with E-state index in [0.717, 1.165) is 30.2 Å². The van der Waals surface area contributed by atoms with Crippen molar-refractivity contribution in [3.63, 3.8) is 0 Å². The van der Waals surface area contributed by atoms with Crippen molar-refractivity contribution >= 4 is 0 Å². The quantitative estimate of drug-likeness (QED) is 0.875. The summed E-state index contributed by atoms with van der Waals surface area (Å²) in [5.74, 6) is 2.06. The Balaban J connectivity index is 2.26. The molecule has 0 aromatic carbocycles. The van der Waals surface area contributed by atoms with Crippen molar-refractivity contribution in [1.82, 2.24) is 9.78 Å². The highest BCUT2D eigenvalue weighted by atomic mass is 16.5. The van der Waals surface area contributed by atoms with Crippen LogP contribution in [-0.2, 0) is 7.05 Å². The molecular formula is C13H23N3O. The molecule has 2 rings (SSSR count). The van der Waals surface area contributed by atoms with E-state index in [1.807, 2.05) is 11.7 Å². The fourth-order valence-electron chi connectivity index (χ4n) is 2.97. The van der Waals surface area contributed by atoms with Crippen LogP contribution in [0.4, 0.5) is 0 Å². The molecule has 0 bridgehead atoms.